The van der Waals surface area contributed by atoms with Gasteiger partial charge in [0.25, 0.3) is 0 Å². The zero-order valence-electron chi connectivity index (χ0n) is 10.5. The first-order valence-electron chi connectivity index (χ1n) is 6.66. The fourth-order valence-electron chi connectivity index (χ4n) is 3.60. The molecule has 0 aliphatic carbocycles. The lowest BCUT2D eigenvalue weighted by atomic mass is 9.87. The van der Waals surface area contributed by atoms with Gasteiger partial charge in [0, 0.05) is 18.6 Å². The van der Waals surface area contributed by atoms with E-state index in [1.807, 2.05) is 6.92 Å². The summed E-state index contributed by atoms with van der Waals surface area (Å²) < 4.78 is 0. The van der Waals surface area contributed by atoms with E-state index in [2.05, 4.69) is 35.2 Å². The maximum Gasteiger partial charge on any atom is 0.0649 e. The summed E-state index contributed by atoms with van der Waals surface area (Å²) in [6.07, 6.45) is 4.40. The van der Waals surface area contributed by atoms with Crippen LogP contribution in [0.25, 0.3) is 0 Å². The Kier molecular flexibility index (Phi) is 2.72. The molecule has 17 heavy (non-hydrogen) atoms. The molecule has 1 aromatic carbocycles. The molecule has 0 radical (unpaired) electrons. The Labute approximate surface area is 103 Å². The van der Waals surface area contributed by atoms with Crippen LogP contribution in [0.3, 0.4) is 0 Å². The molecule has 1 unspecified atom stereocenters. The maximum atomic E-state index is 10.2. The highest BCUT2D eigenvalue weighted by molar-refractivity contribution is 5.16. The summed E-state index contributed by atoms with van der Waals surface area (Å²) in [6, 6.07) is 11.9. The molecule has 92 valence electrons. The van der Waals surface area contributed by atoms with Crippen molar-refractivity contribution in [2.24, 2.45) is 0 Å². The van der Waals surface area contributed by atoms with Gasteiger partial charge in [-0.1, -0.05) is 30.3 Å². The van der Waals surface area contributed by atoms with Crippen LogP contribution in [-0.2, 0) is 6.54 Å². The Morgan fingerprint density at radius 1 is 1.18 bits per heavy atom. The third-order valence-corrected chi connectivity index (χ3v) is 4.33. The molecule has 2 aliphatic heterocycles. The highest BCUT2D eigenvalue weighted by Crippen LogP contribution is 2.41. The van der Waals surface area contributed by atoms with Crippen LogP contribution >= 0.6 is 0 Å². The Morgan fingerprint density at radius 2 is 1.76 bits per heavy atom. The summed E-state index contributed by atoms with van der Waals surface area (Å²) >= 11 is 0. The van der Waals surface area contributed by atoms with Crippen molar-refractivity contribution in [1.29, 1.82) is 0 Å². The van der Waals surface area contributed by atoms with E-state index >= 15 is 0 Å². The van der Waals surface area contributed by atoms with Crippen molar-refractivity contribution < 1.29 is 5.11 Å². The molecule has 0 saturated carbocycles. The van der Waals surface area contributed by atoms with Crippen molar-refractivity contribution in [3.8, 4) is 0 Å². The van der Waals surface area contributed by atoms with Gasteiger partial charge in [-0.2, -0.15) is 0 Å². The number of benzene rings is 1. The minimum atomic E-state index is -0.432. The predicted octanol–water partition coefficient (Wildman–Crippen LogP) is 2.56. The van der Waals surface area contributed by atoms with Crippen LogP contribution in [0.1, 0.15) is 38.2 Å². The molecule has 2 aliphatic rings. The molecule has 0 amide bonds. The molecule has 1 N–H and O–H groups in total. The van der Waals surface area contributed by atoms with Gasteiger partial charge in [0.05, 0.1) is 5.60 Å². The van der Waals surface area contributed by atoms with E-state index < -0.39 is 5.60 Å². The van der Waals surface area contributed by atoms with Crippen LogP contribution in [0.2, 0.25) is 0 Å². The minimum Gasteiger partial charge on any atom is -0.390 e. The second-order valence-electron chi connectivity index (χ2n) is 5.95. The molecular formula is C15H21NO. The minimum absolute atomic E-state index is 0.432. The van der Waals surface area contributed by atoms with E-state index in [1.54, 1.807) is 0 Å². The standard InChI is InChI=1S/C15H21NO/c1-15(17)9-13-7-8-14(10-15)16(13)11-12-5-3-2-4-6-12/h2-6,13-14,17H,7-11H2,1H3/t13-,14+,15?. The number of nitrogens with zero attached hydrogens (tertiary/aromatic N) is 1. The predicted molar refractivity (Wildman–Crippen MR) is 68.7 cm³/mol. The van der Waals surface area contributed by atoms with Gasteiger partial charge in [0.2, 0.25) is 0 Å². The molecule has 2 fully saturated rings. The Balaban J connectivity index is 1.74. The van der Waals surface area contributed by atoms with Crippen molar-refractivity contribution in [2.45, 2.75) is 56.8 Å². The van der Waals surface area contributed by atoms with Crippen LogP contribution in [0.15, 0.2) is 30.3 Å². The summed E-state index contributed by atoms with van der Waals surface area (Å²) in [5.41, 5.74) is 0.963. The molecule has 2 bridgehead atoms. The summed E-state index contributed by atoms with van der Waals surface area (Å²) in [6.45, 7) is 3.05. The Morgan fingerprint density at radius 3 is 2.35 bits per heavy atom. The van der Waals surface area contributed by atoms with Gasteiger partial charge < -0.3 is 5.11 Å². The highest BCUT2D eigenvalue weighted by Gasteiger charge is 2.44. The quantitative estimate of drug-likeness (QED) is 0.845. The van der Waals surface area contributed by atoms with Crippen LogP contribution in [0.5, 0.6) is 0 Å². The van der Waals surface area contributed by atoms with Gasteiger partial charge in [0.15, 0.2) is 0 Å². The number of aliphatic hydroxyl groups is 1. The normalized spacial score (nSPS) is 37.3. The van der Waals surface area contributed by atoms with Crippen molar-refractivity contribution in [1.82, 2.24) is 4.90 Å². The largest absolute Gasteiger partial charge is 0.390 e. The van der Waals surface area contributed by atoms with Gasteiger partial charge in [-0.05, 0) is 38.2 Å². The van der Waals surface area contributed by atoms with Gasteiger partial charge in [0.1, 0.15) is 0 Å². The van der Waals surface area contributed by atoms with Crippen molar-refractivity contribution in [3.63, 3.8) is 0 Å². The molecule has 3 rings (SSSR count). The SMILES string of the molecule is CC1(O)C[C@H]2CC[C@@H](C1)N2Cc1ccccc1. The third kappa shape index (κ3) is 2.24. The molecule has 0 spiro atoms. The second-order valence-corrected chi connectivity index (χ2v) is 5.95. The van der Waals surface area contributed by atoms with E-state index in [-0.39, 0.29) is 0 Å². The fourth-order valence-corrected chi connectivity index (χ4v) is 3.60. The van der Waals surface area contributed by atoms with E-state index in [0.29, 0.717) is 12.1 Å². The molecule has 2 saturated heterocycles. The number of fused-ring (bicyclic) bond motifs is 2. The summed E-state index contributed by atoms with van der Waals surface area (Å²) in [5.74, 6) is 0. The molecule has 1 aromatic rings. The smallest absolute Gasteiger partial charge is 0.0649 e. The average molecular weight is 231 g/mol. The maximum absolute atomic E-state index is 10.2. The molecular weight excluding hydrogens is 210 g/mol. The molecule has 2 heterocycles. The van der Waals surface area contributed by atoms with E-state index in [9.17, 15) is 5.11 Å². The Hall–Kier alpha value is -0.860. The first kappa shape index (κ1) is 11.2. The van der Waals surface area contributed by atoms with E-state index in [1.165, 1.54) is 18.4 Å². The van der Waals surface area contributed by atoms with Crippen LogP contribution < -0.4 is 0 Å². The van der Waals surface area contributed by atoms with Crippen LogP contribution in [0.4, 0.5) is 0 Å². The zero-order chi connectivity index (χ0) is 11.9. The van der Waals surface area contributed by atoms with Crippen molar-refractivity contribution >= 4 is 0 Å². The van der Waals surface area contributed by atoms with Crippen molar-refractivity contribution in [2.75, 3.05) is 0 Å². The monoisotopic (exact) mass is 231 g/mol. The average Bonchev–Trinajstić information content (AvgIpc) is 2.55. The molecule has 2 nitrogen and oxygen atoms in total. The second kappa shape index (κ2) is 4.11. The van der Waals surface area contributed by atoms with Crippen LogP contribution in [-0.4, -0.2) is 27.7 Å². The van der Waals surface area contributed by atoms with E-state index in [4.69, 9.17) is 0 Å². The number of hydrogen-bond donors (Lipinski definition) is 1. The Bertz CT molecular complexity index is 371. The lowest BCUT2D eigenvalue weighted by molar-refractivity contribution is -0.0412. The molecule has 3 atom stereocenters. The zero-order valence-corrected chi connectivity index (χ0v) is 10.5. The topological polar surface area (TPSA) is 23.5 Å². The molecule has 0 aromatic heterocycles. The van der Waals surface area contributed by atoms with Gasteiger partial charge >= 0.3 is 0 Å². The summed E-state index contributed by atoms with van der Waals surface area (Å²) in [5, 5.41) is 10.2. The number of piperidine rings is 1. The summed E-state index contributed by atoms with van der Waals surface area (Å²) in [4.78, 5) is 2.60. The lowest BCUT2D eigenvalue weighted by Crippen LogP contribution is -2.49. The highest BCUT2D eigenvalue weighted by atomic mass is 16.3. The van der Waals surface area contributed by atoms with Gasteiger partial charge in [-0.3, -0.25) is 4.90 Å². The molecule has 2 heteroatoms. The first-order valence-corrected chi connectivity index (χ1v) is 6.66. The lowest BCUT2D eigenvalue weighted by Gasteiger charge is -2.42. The van der Waals surface area contributed by atoms with Gasteiger partial charge in [-0.15, -0.1) is 0 Å². The number of rotatable bonds is 2. The fraction of sp³-hybridized carbons (Fsp3) is 0.600. The third-order valence-electron chi connectivity index (χ3n) is 4.33. The summed E-state index contributed by atoms with van der Waals surface area (Å²) in [7, 11) is 0. The first-order chi connectivity index (χ1) is 8.14. The van der Waals surface area contributed by atoms with Crippen LogP contribution in [0, 0.1) is 0 Å². The van der Waals surface area contributed by atoms with Crippen molar-refractivity contribution in [3.05, 3.63) is 35.9 Å². The number of hydrogen-bond acceptors (Lipinski definition) is 2. The van der Waals surface area contributed by atoms with E-state index in [0.717, 1.165) is 19.4 Å². The van der Waals surface area contributed by atoms with Gasteiger partial charge in [-0.25, -0.2) is 0 Å².